The number of Topliss-reactive ketones (excluding diaryl/α,β-unsaturated/α-hetero) is 1. The molecular formula is C11H11BrN2O2. The SMILES string of the molecule is Cn1cc(CCC(=O)c2ccoc2Br)cn1. The third-order valence-corrected chi connectivity index (χ3v) is 2.93. The molecule has 0 amide bonds. The van der Waals surface area contributed by atoms with Gasteiger partial charge in [0.2, 0.25) is 0 Å². The molecule has 2 aromatic heterocycles. The smallest absolute Gasteiger partial charge is 0.179 e. The van der Waals surface area contributed by atoms with Crippen molar-refractivity contribution in [3.8, 4) is 0 Å². The fourth-order valence-corrected chi connectivity index (χ4v) is 1.95. The van der Waals surface area contributed by atoms with Crippen LogP contribution in [0.4, 0.5) is 0 Å². The largest absolute Gasteiger partial charge is 0.457 e. The van der Waals surface area contributed by atoms with E-state index in [0.717, 1.165) is 5.56 Å². The van der Waals surface area contributed by atoms with Gasteiger partial charge in [0.05, 0.1) is 18.0 Å². The molecule has 0 saturated heterocycles. The molecule has 0 aliphatic rings. The third-order valence-electron chi connectivity index (χ3n) is 2.32. The Morgan fingerprint density at radius 1 is 1.62 bits per heavy atom. The van der Waals surface area contributed by atoms with Gasteiger partial charge in [-0.2, -0.15) is 5.10 Å². The normalized spacial score (nSPS) is 10.6. The lowest BCUT2D eigenvalue weighted by molar-refractivity contribution is 0.0981. The third kappa shape index (κ3) is 2.41. The predicted molar refractivity (Wildman–Crippen MR) is 62.3 cm³/mol. The van der Waals surface area contributed by atoms with E-state index < -0.39 is 0 Å². The lowest BCUT2D eigenvalue weighted by atomic mass is 10.1. The van der Waals surface area contributed by atoms with Crippen molar-refractivity contribution in [2.45, 2.75) is 12.8 Å². The maximum Gasteiger partial charge on any atom is 0.179 e. The fourth-order valence-electron chi connectivity index (χ4n) is 1.49. The highest BCUT2D eigenvalue weighted by atomic mass is 79.9. The number of hydrogen-bond acceptors (Lipinski definition) is 3. The average Bonchev–Trinajstić information content (AvgIpc) is 2.84. The van der Waals surface area contributed by atoms with E-state index in [1.165, 1.54) is 6.26 Å². The highest BCUT2D eigenvalue weighted by molar-refractivity contribution is 9.10. The summed E-state index contributed by atoms with van der Waals surface area (Å²) in [6.07, 6.45) is 6.35. The Kier molecular flexibility index (Phi) is 3.24. The number of ketones is 1. The average molecular weight is 283 g/mol. The minimum absolute atomic E-state index is 0.0736. The van der Waals surface area contributed by atoms with E-state index in [1.807, 2.05) is 13.2 Å². The van der Waals surface area contributed by atoms with Crippen LogP contribution in [-0.4, -0.2) is 15.6 Å². The van der Waals surface area contributed by atoms with Crippen LogP contribution in [-0.2, 0) is 13.5 Å². The topological polar surface area (TPSA) is 48.0 Å². The number of rotatable bonds is 4. The molecule has 2 aromatic rings. The first-order valence-corrected chi connectivity index (χ1v) is 5.70. The van der Waals surface area contributed by atoms with Crippen LogP contribution in [0.3, 0.4) is 0 Å². The summed E-state index contributed by atoms with van der Waals surface area (Å²) in [7, 11) is 1.86. The quantitative estimate of drug-likeness (QED) is 0.810. The summed E-state index contributed by atoms with van der Waals surface area (Å²) in [5, 5.41) is 4.05. The fraction of sp³-hybridized carbons (Fsp3) is 0.273. The summed E-state index contributed by atoms with van der Waals surface area (Å²) in [5.74, 6) is 0.0736. The van der Waals surface area contributed by atoms with Crippen LogP contribution in [0, 0.1) is 0 Å². The number of nitrogens with zero attached hydrogens (tertiary/aromatic N) is 2. The number of aryl methyl sites for hydroxylation is 2. The van der Waals surface area contributed by atoms with Crippen LogP contribution in [0.25, 0.3) is 0 Å². The lowest BCUT2D eigenvalue weighted by Gasteiger charge is -1.96. The van der Waals surface area contributed by atoms with Crippen molar-refractivity contribution >= 4 is 21.7 Å². The van der Waals surface area contributed by atoms with Crippen LogP contribution in [0.1, 0.15) is 22.3 Å². The van der Waals surface area contributed by atoms with Crippen LogP contribution >= 0.6 is 15.9 Å². The molecule has 4 nitrogen and oxygen atoms in total. The molecule has 0 bridgehead atoms. The van der Waals surface area contributed by atoms with Gasteiger partial charge in [-0.05, 0) is 34.0 Å². The van der Waals surface area contributed by atoms with E-state index in [2.05, 4.69) is 21.0 Å². The van der Waals surface area contributed by atoms with Crippen LogP contribution in [0.5, 0.6) is 0 Å². The molecule has 0 radical (unpaired) electrons. The highest BCUT2D eigenvalue weighted by Gasteiger charge is 2.12. The minimum Gasteiger partial charge on any atom is -0.457 e. The zero-order valence-electron chi connectivity index (χ0n) is 8.81. The first-order valence-electron chi connectivity index (χ1n) is 4.90. The molecule has 0 unspecified atom stereocenters. The van der Waals surface area contributed by atoms with Gasteiger partial charge in [0, 0.05) is 19.7 Å². The second-order valence-corrected chi connectivity index (χ2v) is 4.27. The first kappa shape index (κ1) is 11.1. The molecule has 0 aliphatic carbocycles. The van der Waals surface area contributed by atoms with Crippen LogP contribution < -0.4 is 0 Å². The van der Waals surface area contributed by atoms with E-state index in [4.69, 9.17) is 4.42 Å². The standard InChI is InChI=1S/C11H11BrN2O2/c1-14-7-8(6-13-14)2-3-10(15)9-4-5-16-11(9)12/h4-7H,2-3H2,1H3. The monoisotopic (exact) mass is 282 g/mol. The minimum atomic E-state index is 0.0736. The number of halogens is 1. The van der Waals surface area contributed by atoms with Gasteiger partial charge in [-0.1, -0.05) is 0 Å². The maximum atomic E-state index is 11.8. The summed E-state index contributed by atoms with van der Waals surface area (Å²) in [6, 6.07) is 1.68. The molecule has 0 atom stereocenters. The number of aromatic nitrogens is 2. The number of carbonyl (C=O) groups excluding carboxylic acids is 1. The van der Waals surface area contributed by atoms with E-state index in [0.29, 0.717) is 23.1 Å². The summed E-state index contributed by atoms with van der Waals surface area (Å²) in [4.78, 5) is 11.8. The Morgan fingerprint density at radius 2 is 2.44 bits per heavy atom. The van der Waals surface area contributed by atoms with Crippen molar-refractivity contribution in [1.29, 1.82) is 0 Å². The lowest BCUT2D eigenvalue weighted by Crippen LogP contribution is -2.00. The number of furan rings is 1. The maximum absolute atomic E-state index is 11.8. The van der Waals surface area contributed by atoms with Crippen molar-refractivity contribution < 1.29 is 9.21 Å². The predicted octanol–water partition coefficient (Wildman–Crippen LogP) is 2.59. The molecule has 0 fully saturated rings. The Labute approximate surface area is 101 Å². The van der Waals surface area contributed by atoms with Gasteiger partial charge in [0.15, 0.2) is 10.5 Å². The van der Waals surface area contributed by atoms with E-state index in [9.17, 15) is 4.79 Å². The molecule has 84 valence electrons. The Morgan fingerprint density at radius 3 is 3.00 bits per heavy atom. The summed E-state index contributed by atoms with van der Waals surface area (Å²) < 4.78 is 7.25. The summed E-state index contributed by atoms with van der Waals surface area (Å²) >= 11 is 3.19. The molecule has 0 spiro atoms. The Bertz CT molecular complexity index is 502. The second-order valence-electron chi connectivity index (χ2n) is 3.55. The van der Waals surface area contributed by atoms with Crippen molar-refractivity contribution in [2.24, 2.45) is 7.05 Å². The van der Waals surface area contributed by atoms with Gasteiger partial charge in [-0.3, -0.25) is 9.48 Å². The van der Waals surface area contributed by atoms with E-state index >= 15 is 0 Å². The second kappa shape index (κ2) is 4.65. The number of carbonyl (C=O) groups is 1. The van der Waals surface area contributed by atoms with Gasteiger partial charge >= 0.3 is 0 Å². The summed E-state index contributed by atoms with van der Waals surface area (Å²) in [5.41, 5.74) is 1.67. The van der Waals surface area contributed by atoms with Gasteiger partial charge in [-0.25, -0.2) is 0 Å². The van der Waals surface area contributed by atoms with E-state index in [1.54, 1.807) is 16.9 Å². The first-order chi connectivity index (χ1) is 7.66. The molecule has 5 heteroatoms. The molecule has 0 aromatic carbocycles. The molecular weight excluding hydrogens is 272 g/mol. The molecule has 16 heavy (non-hydrogen) atoms. The zero-order valence-corrected chi connectivity index (χ0v) is 10.4. The van der Waals surface area contributed by atoms with Crippen molar-refractivity contribution in [2.75, 3.05) is 0 Å². The van der Waals surface area contributed by atoms with Crippen molar-refractivity contribution in [3.05, 3.63) is 40.5 Å². The van der Waals surface area contributed by atoms with E-state index in [-0.39, 0.29) is 5.78 Å². The van der Waals surface area contributed by atoms with Gasteiger partial charge in [0.1, 0.15) is 0 Å². The molecule has 0 saturated carbocycles. The molecule has 2 heterocycles. The highest BCUT2D eigenvalue weighted by Crippen LogP contribution is 2.19. The van der Waals surface area contributed by atoms with Crippen molar-refractivity contribution in [3.63, 3.8) is 0 Å². The molecule has 0 N–H and O–H groups in total. The van der Waals surface area contributed by atoms with Gasteiger partial charge in [-0.15, -0.1) is 0 Å². The Balaban J connectivity index is 1.96. The Hall–Kier alpha value is -1.36. The molecule has 2 rings (SSSR count). The number of hydrogen-bond donors (Lipinski definition) is 0. The van der Waals surface area contributed by atoms with Gasteiger partial charge < -0.3 is 4.42 Å². The van der Waals surface area contributed by atoms with Crippen LogP contribution in [0.15, 0.2) is 33.8 Å². The van der Waals surface area contributed by atoms with Crippen LogP contribution in [0.2, 0.25) is 0 Å². The van der Waals surface area contributed by atoms with Gasteiger partial charge in [0.25, 0.3) is 0 Å². The van der Waals surface area contributed by atoms with Crippen molar-refractivity contribution in [1.82, 2.24) is 9.78 Å². The molecule has 0 aliphatic heterocycles. The summed E-state index contributed by atoms with van der Waals surface area (Å²) in [6.45, 7) is 0. The zero-order chi connectivity index (χ0) is 11.5.